The zero-order valence-electron chi connectivity index (χ0n) is 9.27. The van der Waals surface area contributed by atoms with Crippen molar-refractivity contribution in [1.82, 2.24) is 0 Å². The van der Waals surface area contributed by atoms with Crippen molar-refractivity contribution in [3.8, 4) is 0 Å². The Balaban J connectivity index is 2.68. The first-order chi connectivity index (χ1) is 7.85. The Morgan fingerprint density at radius 1 is 1.24 bits per heavy atom. The highest BCUT2D eigenvalue weighted by Gasteiger charge is 2.79. The van der Waals surface area contributed by atoms with Gasteiger partial charge in [-0.15, -0.1) is 0 Å². The zero-order valence-corrected chi connectivity index (χ0v) is 15.6. The van der Waals surface area contributed by atoms with E-state index in [1.807, 2.05) is 0 Å². The van der Waals surface area contributed by atoms with Gasteiger partial charge in [0.25, 0.3) is 0 Å². The summed E-state index contributed by atoms with van der Waals surface area (Å²) < 4.78 is 12.1. The topological polar surface area (TPSA) is 38.7 Å². The standard InChI is InChI=1S/C10H12Br4O3/c1-16-10(17-2)8(13)3-5(4-15)9(10,14)7(12)6(8)11/h5,15H,3-4H2,1-2H3/t5-,8-,9+/m1/s1. The van der Waals surface area contributed by atoms with E-state index in [1.165, 1.54) is 0 Å². The molecule has 2 bridgehead atoms. The summed E-state index contributed by atoms with van der Waals surface area (Å²) >= 11 is 14.6. The van der Waals surface area contributed by atoms with E-state index in [0.29, 0.717) is 6.42 Å². The van der Waals surface area contributed by atoms with Gasteiger partial charge < -0.3 is 14.6 Å². The number of fused-ring (bicyclic) bond motifs is 2. The number of aliphatic hydroxyl groups excluding tert-OH is 1. The van der Waals surface area contributed by atoms with Crippen molar-refractivity contribution in [3.05, 3.63) is 8.96 Å². The minimum absolute atomic E-state index is 0.00236. The molecule has 0 aromatic heterocycles. The van der Waals surface area contributed by atoms with Crippen molar-refractivity contribution < 1.29 is 14.6 Å². The van der Waals surface area contributed by atoms with Crippen LogP contribution in [0.25, 0.3) is 0 Å². The summed E-state index contributed by atoms with van der Waals surface area (Å²) in [4.78, 5) is 0. The van der Waals surface area contributed by atoms with Gasteiger partial charge in [-0.2, -0.15) is 0 Å². The van der Waals surface area contributed by atoms with Gasteiger partial charge in [-0.25, -0.2) is 0 Å². The quantitative estimate of drug-likeness (QED) is 0.479. The van der Waals surface area contributed by atoms with Gasteiger partial charge in [-0.3, -0.25) is 0 Å². The molecule has 2 aliphatic rings. The number of hydrogen-bond donors (Lipinski definition) is 1. The van der Waals surface area contributed by atoms with Crippen LogP contribution in [0.1, 0.15) is 6.42 Å². The Bertz CT molecular complexity index is 382. The molecule has 3 atom stereocenters. The molecule has 0 unspecified atom stereocenters. The van der Waals surface area contributed by atoms with Crippen molar-refractivity contribution in [2.45, 2.75) is 20.9 Å². The third-order valence-corrected chi connectivity index (χ3v) is 10.2. The van der Waals surface area contributed by atoms with Crippen LogP contribution >= 0.6 is 63.7 Å². The molecule has 1 fully saturated rings. The molecule has 2 rings (SSSR count). The molecule has 3 nitrogen and oxygen atoms in total. The van der Waals surface area contributed by atoms with Gasteiger partial charge in [-0.1, -0.05) is 63.7 Å². The van der Waals surface area contributed by atoms with Gasteiger partial charge in [0.15, 0.2) is 0 Å². The van der Waals surface area contributed by atoms with Crippen LogP contribution in [0.2, 0.25) is 0 Å². The summed E-state index contributed by atoms with van der Waals surface area (Å²) in [6.07, 6.45) is 0.714. The molecule has 98 valence electrons. The predicted octanol–water partition coefficient (Wildman–Crippen LogP) is 3.27. The third-order valence-electron chi connectivity index (χ3n) is 3.75. The van der Waals surface area contributed by atoms with Crippen LogP contribution in [0.4, 0.5) is 0 Å². The number of hydrogen-bond acceptors (Lipinski definition) is 3. The zero-order chi connectivity index (χ0) is 13.1. The molecule has 2 aliphatic carbocycles. The normalized spacial score (nSPS) is 43.6. The van der Waals surface area contributed by atoms with Crippen LogP contribution in [0.3, 0.4) is 0 Å². The molecule has 1 saturated carbocycles. The van der Waals surface area contributed by atoms with E-state index in [4.69, 9.17) is 9.47 Å². The Morgan fingerprint density at radius 2 is 1.76 bits per heavy atom. The molecule has 0 spiro atoms. The minimum Gasteiger partial charge on any atom is -0.396 e. The number of aliphatic hydroxyl groups is 1. The van der Waals surface area contributed by atoms with Gasteiger partial charge in [-0.05, 0) is 6.42 Å². The van der Waals surface area contributed by atoms with Gasteiger partial charge in [0.1, 0.15) is 8.65 Å². The van der Waals surface area contributed by atoms with Crippen molar-refractivity contribution >= 4 is 63.7 Å². The highest BCUT2D eigenvalue weighted by atomic mass is 79.9. The van der Waals surface area contributed by atoms with Gasteiger partial charge in [0.05, 0.1) is 0 Å². The smallest absolute Gasteiger partial charge is 0.208 e. The number of halogens is 4. The highest BCUT2D eigenvalue weighted by molar-refractivity contribution is 9.16. The molecule has 0 saturated heterocycles. The Hall–Kier alpha value is 1.54. The number of methoxy groups -OCH3 is 2. The largest absolute Gasteiger partial charge is 0.396 e. The van der Waals surface area contributed by atoms with Crippen molar-refractivity contribution in [3.63, 3.8) is 0 Å². The van der Waals surface area contributed by atoms with E-state index < -0.39 is 14.4 Å². The average molecular weight is 500 g/mol. The van der Waals surface area contributed by atoms with Crippen molar-refractivity contribution in [1.29, 1.82) is 0 Å². The summed E-state index contributed by atoms with van der Waals surface area (Å²) in [6.45, 7) is 0.0580. The molecule has 0 heterocycles. The second-order valence-corrected chi connectivity index (χ2v) is 8.44. The third kappa shape index (κ3) is 1.42. The van der Waals surface area contributed by atoms with Crippen molar-refractivity contribution in [2.75, 3.05) is 20.8 Å². The summed E-state index contributed by atoms with van der Waals surface area (Å²) in [5.74, 6) is -0.900. The molecular formula is C10H12Br4O3. The predicted molar refractivity (Wildman–Crippen MR) is 80.1 cm³/mol. The Morgan fingerprint density at radius 3 is 2.12 bits per heavy atom. The van der Waals surface area contributed by atoms with E-state index in [1.54, 1.807) is 14.2 Å². The van der Waals surface area contributed by atoms with Crippen molar-refractivity contribution in [2.24, 2.45) is 5.92 Å². The molecule has 0 amide bonds. The summed E-state index contributed by atoms with van der Waals surface area (Å²) in [7, 11) is 3.22. The average Bonchev–Trinajstić information content (AvgIpc) is 2.60. The first kappa shape index (κ1) is 14.9. The van der Waals surface area contributed by atoms with Crippen LogP contribution in [0.5, 0.6) is 0 Å². The number of rotatable bonds is 3. The summed E-state index contributed by atoms with van der Waals surface area (Å²) in [5, 5.41) is 9.57. The molecule has 0 aliphatic heterocycles. The molecule has 7 heteroatoms. The Labute approximate surface area is 134 Å². The maximum atomic E-state index is 9.57. The minimum atomic E-state index is -0.898. The van der Waals surface area contributed by atoms with Crippen LogP contribution in [0.15, 0.2) is 8.96 Å². The van der Waals surface area contributed by atoms with E-state index in [-0.39, 0.29) is 12.5 Å². The van der Waals surface area contributed by atoms with Gasteiger partial charge in [0.2, 0.25) is 5.79 Å². The second-order valence-electron chi connectivity index (χ2n) is 4.25. The fourth-order valence-corrected chi connectivity index (χ4v) is 7.81. The lowest BCUT2D eigenvalue weighted by Crippen LogP contribution is -2.56. The molecule has 1 N–H and O–H groups in total. The summed E-state index contributed by atoms with van der Waals surface area (Å²) in [6, 6.07) is 0. The van der Waals surface area contributed by atoms with Crippen LogP contribution in [-0.4, -0.2) is 40.4 Å². The van der Waals surface area contributed by atoms with E-state index in [9.17, 15) is 5.11 Å². The maximum Gasteiger partial charge on any atom is 0.208 e. The molecule has 0 aromatic carbocycles. The summed E-state index contributed by atoms with van der Waals surface area (Å²) in [5.41, 5.74) is 0. The van der Waals surface area contributed by atoms with E-state index in [0.717, 1.165) is 8.96 Å². The first-order valence-electron chi connectivity index (χ1n) is 5.01. The lowest BCUT2D eigenvalue weighted by atomic mass is 9.93. The SMILES string of the molecule is COC1(OC)[C@@]2(Br)C[C@H](CO)[C@]1(Br)C(Br)=C2Br. The fourth-order valence-electron chi connectivity index (χ4n) is 2.96. The molecule has 17 heavy (non-hydrogen) atoms. The maximum absolute atomic E-state index is 9.57. The van der Waals surface area contributed by atoms with Crippen LogP contribution < -0.4 is 0 Å². The second kappa shape index (κ2) is 4.53. The number of ether oxygens (including phenoxy) is 2. The van der Waals surface area contributed by atoms with E-state index in [2.05, 4.69) is 63.7 Å². The van der Waals surface area contributed by atoms with Gasteiger partial charge >= 0.3 is 0 Å². The lowest BCUT2D eigenvalue weighted by molar-refractivity contribution is -0.213. The molecular weight excluding hydrogens is 488 g/mol. The molecule has 0 radical (unpaired) electrons. The monoisotopic (exact) mass is 496 g/mol. The highest BCUT2D eigenvalue weighted by Crippen LogP contribution is 2.73. The van der Waals surface area contributed by atoms with Gasteiger partial charge in [0, 0.05) is 35.7 Å². The first-order valence-corrected chi connectivity index (χ1v) is 8.18. The lowest BCUT2D eigenvalue weighted by Gasteiger charge is -2.42. The number of alkyl halides is 2. The fraction of sp³-hybridized carbons (Fsp3) is 0.800. The molecule has 0 aromatic rings. The van der Waals surface area contributed by atoms with Crippen LogP contribution in [0, 0.1) is 5.92 Å². The Kier molecular flexibility index (Phi) is 3.98. The van der Waals surface area contributed by atoms with E-state index >= 15 is 0 Å². The van der Waals surface area contributed by atoms with Crippen LogP contribution in [-0.2, 0) is 9.47 Å².